The van der Waals surface area contributed by atoms with Gasteiger partial charge in [-0.3, -0.25) is 4.98 Å². The van der Waals surface area contributed by atoms with E-state index in [1.54, 1.807) is 0 Å². The molecule has 0 aliphatic rings. The van der Waals surface area contributed by atoms with Gasteiger partial charge in [0.1, 0.15) is 0 Å². The van der Waals surface area contributed by atoms with Crippen LogP contribution in [0.25, 0.3) is 5.69 Å². The Labute approximate surface area is 114 Å². The summed E-state index contributed by atoms with van der Waals surface area (Å²) >= 11 is 0. The summed E-state index contributed by atoms with van der Waals surface area (Å²) in [5.74, 6) is 0. The molecule has 102 valence electrons. The molecule has 2 heterocycles. The van der Waals surface area contributed by atoms with Crippen LogP contribution in [0.15, 0.2) is 18.3 Å². The summed E-state index contributed by atoms with van der Waals surface area (Å²) < 4.78 is 2.07. The number of nitrogens with one attached hydrogen (secondary N) is 1. The molecular weight excluding hydrogens is 236 g/mol. The quantitative estimate of drug-likeness (QED) is 0.895. The van der Waals surface area contributed by atoms with Gasteiger partial charge in [0, 0.05) is 29.7 Å². The predicted octanol–water partition coefficient (Wildman–Crippen LogP) is 2.42. The molecule has 0 aromatic carbocycles. The molecule has 0 saturated carbocycles. The van der Waals surface area contributed by atoms with E-state index in [4.69, 9.17) is 5.10 Å². The SMILES string of the molecule is CCc1cc(CC)n(-c2cc(C)ncc2CNC)n1. The van der Waals surface area contributed by atoms with Crippen molar-refractivity contribution in [1.29, 1.82) is 0 Å². The van der Waals surface area contributed by atoms with Crippen LogP contribution in [0.2, 0.25) is 0 Å². The summed E-state index contributed by atoms with van der Waals surface area (Å²) in [5, 5.41) is 7.91. The van der Waals surface area contributed by atoms with E-state index in [9.17, 15) is 0 Å². The average molecular weight is 258 g/mol. The summed E-state index contributed by atoms with van der Waals surface area (Å²) in [4.78, 5) is 4.39. The maximum Gasteiger partial charge on any atom is 0.0727 e. The van der Waals surface area contributed by atoms with Crippen molar-refractivity contribution in [1.82, 2.24) is 20.1 Å². The lowest BCUT2D eigenvalue weighted by Gasteiger charge is -2.12. The molecule has 0 atom stereocenters. The largest absolute Gasteiger partial charge is 0.316 e. The van der Waals surface area contributed by atoms with Gasteiger partial charge in [-0.25, -0.2) is 4.68 Å². The van der Waals surface area contributed by atoms with Crippen molar-refractivity contribution in [3.8, 4) is 5.69 Å². The molecule has 0 aliphatic heterocycles. The van der Waals surface area contributed by atoms with E-state index < -0.39 is 0 Å². The number of hydrogen-bond acceptors (Lipinski definition) is 3. The maximum absolute atomic E-state index is 4.71. The molecule has 0 saturated heterocycles. The van der Waals surface area contributed by atoms with Crippen LogP contribution in [-0.4, -0.2) is 21.8 Å². The van der Waals surface area contributed by atoms with E-state index in [0.29, 0.717) is 0 Å². The van der Waals surface area contributed by atoms with E-state index in [-0.39, 0.29) is 0 Å². The number of hydrogen-bond donors (Lipinski definition) is 1. The topological polar surface area (TPSA) is 42.7 Å². The van der Waals surface area contributed by atoms with E-state index in [1.165, 1.54) is 11.3 Å². The molecule has 4 heteroatoms. The van der Waals surface area contributed by atoms with Crippen molar-refractivity contribution in [2.45, 2.75) is 40.2 Å². The Kier molecular flexibility index (Phi) is 4.32. The summed E-state index contributed by atoms with van der Waals surface area (Å²) in [5.41, 5.74) is 5.72. The first-order valence-electron chi connectivity index (χ1n) is 6.87. The van der Waals surface area contributed by atoms with Crippen molar-refractivity contribution in [2.75, 3.05) is 7.05 Å². The summed E-state index contributed by atoms with van der Waals surface area (Å²) in [6, 6.07) is 4.30. The fraction of sp³-hybridized carbons (Fsp3) is 0.467. The van der Waals surface area contributed by atoms with E-state index in [1.807, 2.05) is 20.2 Å². The summed E-state index contributed by atoms with van der Waals surface area (Å²) in [6.07, 6.45) is 3.88. The van der Waals surface area contributed by atoms with Crippen molar-refractivity contribution in [2.24, 2.45) is 0 Å². The van der Waals surface area contributed by atoms with Gasteiger partial charge >= 0.3 is 0 Å². The van der Waals surface area contributed by atoms with Crippen LogP contribution < -0.4 is 5.32 Å². The van der Waals surface area contributed by atoms with Crippen LogP contribution in [0.4, 0.5) is 0 Å². The summed E-state index contributed by atoms with van der Waals surface area (Å²) in [6.45, 7) is 7.12. The zero-order valence-corrected chi connectivity index (χ0v) is 12.2. The fourth-order valence-electron chi connectivity index (χ4n) is 2.21. The van der Waals surface area contributed by atoms with E-state index >= 15 is 0 Å². The zero-order valence-electron chi connectivity index (χ0n) is 12.2. The highest BCUT2D eigenvalue weighted by atomic mass is 15.3. The Hall–Kier alpha value is -1.68. The third-order valence-electron chi connectivity index (χ3n) is 3.25. The minimum atomic E-state index is 0.799. The monoisotopic (exact) mass is 258 g/mol. The molecule has 0 unspecified atom stereocenters. The molecule has 0 spiro atoms. The van der Waals surface area contributed by atoms with E-state index in [2.05, 4.69) is 41.0 Å². The van der Waals surface area contributed by atoms with Crippen molar-refractivity contribution in [3.05, 3.63) is 41.0 Å². The van der Waals surface area contributed by atoms with Gasteiger partial charge in [0.05, 0.1) is 11.4 Å². The third-order valence-corrected chi connectivity index (χ3v) is 3.25. The van der Waals surface area contributed by atoms with Crippen molar-refractivity contribution in [3.63, 3.8) is 0 Å². The van der Waals surface area contributed by atoms with Crippen molar-refractivity contribution >= 4 is 0 Å². The molecule has 0 bridgehead atoms. The molecule has 4 nitrogen and oxygen atoms in total. The number of nitrogens with zero attached hydrogens (tertiary/aromatic N) is 3. The van der Waals surface area contributed by atoms with Gasteiger partial charge in [0.25, 0.3) is 0 Å². The lowest BCUT2D eigenvalue weighted by atomic mass is 10.2. The predicted molar refractivity (Wildman–Crippen MR) is 77.6 cm³/mol. The Balaban J connectivity index is 2.56. The van der Waals surface area contributed by atoms with Crippen molar-refractivity contribution < 1.29 is 0 Å². The Morgan fingerprint density at radius 3 is 2.63 bits per heavy atom. The minimum absolute atomic E-state index is 0.799. The van der Waals surface area contributed by atoms with E-state index in [0.717, 1.165) is 36.5 Å². The molecule has 0 fully saturated rings. The standard InChI is InChI=1S/C15H22N4/c1-5-13-8-14(6-2)19(18-13)15-7-11(3)17-10-12(15)9-16-4/h7-8,10,16H,5-6,9H2,1-4H3. The molecule has 1 N–H and O–H groups in total. The first-order chi connectivity index (χ1) is 9.19. The Morgan fingerprint density at radius 1 is 1.21 bits per heavy atom. The van der Waals surface area contributed by atoms with Gasteiger partial charge in [-0.2, -0.15) is 5.10 Å². The lowest BCUT2D eigenvalue weighted by Crippen LogP contribution is -2.12. The molecule has 2 aromatic rings. The Bertz CT molecular complexity index is 557. The molecule has 0 aliphatic carbocycles. The zero-order chi connectivity index (χ0) is 13.8. The molecular formula is C15H22N4. The van der Waals surface area contributed by atoms with Gasteiger partial charge in [-0.15, -0.1) is 0 Å². The smallest absolute Gasteiger partial charge is 0.0727 e. The lowest BCUT2D eigenvalue weighted by molar-refractivity contribution is 0.752. The number of pyridine rings is 1. The second-order valence-electron chi connectivity index (χ2n) is 4.73. The summed E-state index contributed by atoms with van der Waals surface area (Å²) in [7, 11) is 1.95. The second kappa shape index (κ2) is 5.97. The highest BCUT2D eigenvalue weighted by Crippen LogP contribution is 2.18. The van der Waals surface area contributed by atoms with Gasteiger partial charge in [-0.1, -0.05) is 13.8 Å². The molecule has 0 amide bonds. The van der Waals surface area contributed by atoms with Crippen LogP contribution in [0.1, 0.15) is 36.5 Å². The second-order valence-corrected chi connectivity index (χ2v) is 4.73. The Morgan fingerprint density at radius 2 is 2.00 bits per heavy atom. The van der Waals surface area contributed by atoms with Crippen LogP contribution in [0.5, 0.6) is 0 Å². The molecule has 2 rings (SSSR count). The van der Waals surface area contributed by atoms with Gasteiger partial charge in [0.15, 0.2) is 0 Å². The molecule has 2 aromatic heterocycles. The van der Waals surface area contributed by atoms with Crippen LogP contribution in [0, 0.1) is 6.92 Å². The maximum atomic E-state index is 4.71. The first kappa shape index (κ1) is 13.7. The van der Waals surface area contributed by atoms with Crippen LogP contribution in [-0.2, 0) is 19.4 Å². The third kappa shape index (κ3) is 2.84. The van der Waals surface area contributed by atoms with Gasteiger partial charge < -0.3 is 5.32 Å². The highest BCUT2D eigenvalue weighted by Gasteiger charge is 2.11. The average Bonchev–Trinajstić information content (AvgIpc) is 2.84. The fourth-order valence-corrected chi connectivity index (χ4v) is 2.21. The number of aromatic nitrogens is 3. The van der Waals surface area contributed by atoms with Gasteiger partial charge in [0.2, 0.25) is 0 Å². The van der Waals surface area contributed by atoms with Gasteiger partial charge in [-0.05, 0) is 38.9 Å². The highest BCUT2D eigenvalue weighted by molar-refractivity contribution is 5.42. The first-order valence-corrected chi connectivity index (χ1v) is 6.87. The number of rotatable bonds is 5. The molecule has 19 heavy (non-hydrogen) atoms. The normalized spacial score (nSPS) is 10.9. The number of aryl methyl sites for hydroxylation is 3. The van der Waals surface area contributed by atoms with Crippen LogP contribution >= 0.6 is 0 Å². The minimum Gasteiger partial charge on any atom is -0.316 e. The molecule has 0 radical (unpaired) electrons. The van der Waals surface area contributed by atoms with Crippen LogP contribution in [0.3, 0.4) is 0 Å².